The minimum Gasteiger partial charge on any atom is -0.299 e. The van der Waals surface area contributed by atoms with Crippen LogP contribution in [-0.4, -0.2) is 25.7 Å². The zero-order chi connectivity index (χ0) is 31.4. The van der Waals surface area contributed by atoms with Crippen molar-refractivity contribution in [3.05, 3.63) is 94.3 Å². The summed E-state index contributed by atoms with van der Waals surface area (Å²) in [6, 6.07) is 16.8. The Morgan fingerprint density at radius 2 is 1.09 bits per heavy atom. The third kappa shape index (κ3) is 8.78. The highest BCUT2D eigenvalue weighted by Gasteiger charge is 2.21. The maximum absolute atomic E-state index is 11.3. The first-order valence-corrected chi connectivity index (χ1v) is 15.8. The number of carbonyl (C=O) groups excluding carboxylic acids is 1. The van der Waals surface area contributed by atoms with Gasteiger partial charge in [0, 0.05) is 63.4 Å². The lowest BCUT2D eigenvalue weighted by Gasteiger charge is -2.21. The standard InChI is InChI=1S/C13H17NO.C13H19N.C12H14N2/c1-13(2,3)12-7-5-9-4-6-10(15)8-11(9)14-12;1-13(2,3)12-9-8-10-6-4-5-7-11(10)14-12;1-12(2,3)10-7-6-9-5-4-8-13-11(9)14-10/h5,7H,4,6,8H2,1-3H3;8-9H,4-7H2,1-3H3;4-8H,1-3H3. The fraction of sp³-hybridized carbons (Fsp3) is 0.500. The van der Waals surface area contributed by atoms with Crippen LogP contribution in [0.5, 0.6) is 0 Å². The highest BCUT2D eigenvalue weighted by atomic mass is 16.1. The molecule has 6 rings (SSSR count). The number of carbonyl (C=O) groups is 1. The number of aromatic nitrogens is 4. The summed E-state index contributed by atoms with van der Waals surface area (Å²) < 4.78 is 0. The molecule has 0 saturated carbocycles. The lowest BCUT2D eigenvalue weighted by atomic mass is 9.88. The molecule has 2 aliphatic carbocycles. The minimum absolute atomic E-state index is 0.0650. The molecule has 5 nitrogen and oxygen atoms in total. The molecule has 0 bridgehead atoms. The zero-order valence-electron chi connectivity index (χ0n) is 27.8. The molecule has 43 heavy (non-hydrogen) atoms. The molecule has 5 heteroatoms. The molecule has 0 aromatic carbocycles. The lowest BCUT2D eigenvalue weighted by molar-refractivity contribution is -0.118. The second-order valence-corrected chi connectivity index (χ2v) is 15.0. The van der Waals surface area contributed by atoms with Gasteiger partial charge in [-0.2, -0.15) is 0 Å². The summed E-state index contributed by atoms with van der Waals surface area (Å²) in [5, 5.41) is 1.10. The van der Waals surface area contributed by atoms with Crippen LogP contribution in [0.2, 0.25) is 0 Å². The van der Waals surface area contributed by atoms with Gasteiger partial charge in [0.15, 0.2) is 5.65 Å². The van der Waals surface area contributed by atoms with Gasteiger partial charge in [-0.1, -0.05) is 74.4 Å². The van der Waals surface area contributed by atoms with Crippen molar-refractivity contribution in [2.45, 2.75) is 124 Å². The Morgan fingerprint density at radius 3 is 1.72 bits per heavy atom. The minimum atomic E-state index is 0.0650. The molecule has 4 aromatic rings. The van der Waals surface area contributed by atoms with E-state index in [0.29, 0.717) is 18.6 Å². The Labute approximate surface area is 259 Å². The summed E-state index contributed by atoms with van der Waals surface area (Å²) in [7, 11) is 0. The summed E-state index contributed by atoms with van der Waals surface area (Å²) in [5.41, 5.74) is 9.65. The van der Waals surface area contributed by atoms with Gasteiger partial charge >= 0.3 is 0 Å². The second kappa shape index (κ2) is 13.0. The average Bonchev–Trinajstić information content (AvgIpc) is 2.95. The van der Waals surface area contributed by atoms with Crippen LogP contribution in [0.1, 0.15) is 121 Å². The first-order chi connectivity index (χ1) is 20.1. The summed E-state index contributed by atoms with van der Waals surface area (Å²) >= 11 is 0. The number of Topliss-reactive ketones (excluding diaryl/α,β-unsaturated/α-hetero) is 1. The molecule has 0 aliphatic heterocycles. The van der Waals surface area contributed by atoms with Crippen molar-refractivity contribution in [1.82, 2.24) is 19.9 Å². The van der Waals surface area contributed by atoms with E-state index in [1.807, 2.05) is 12.1 Å². The van der Waals surface area contributed by atoms with E-state index in [1.54, 1.807) is 6.20 Å². The normalized spacial score (nSPS) is 15.0. The van der Waals surface area contributed by atoms with Crippen molar-refractivity contribution >= 4 is 16.8 Å². The number of hydrogen-bond acceptors (Lipinski definition) is 5. The lowest BCUT2D eigenvalue weighted by Crippen LogP contribution is -2.19. The van der Waals surface area contributed by atoms with Crippen LogP contribution in [0.3, 0.4) is 0 Å². The maximum atomic E-state index is 11.3. The molecule has 0 radical (unpaired) electrons. The van der Waals surface area contributed by atoms with E-state index in [2.05, 4.69) is 114 Å². The van der Waals surface area contributed by atoms with Crippen molar-refractivity contribution in [2.24, 2.45) is 0 Å². The smallest absolute Gasteiger partial charge is 0.159 e. The number of ketones is 1. The molecule has 4 aromatic heterocycles. The molecule has 0 spiro atoms. The van der Waals surface area contributed by atoms with Gasteiger partial charge in [-0.05, 0) is 79.6 Å². The van der Waals surface area contributed by atoms with Crippen molar-refractivity contribution in [3.8, 4) is 0 Å². The van der Waals surface area contributed by atoms with E-state index in [1.165, 1.54) is 48.2 Å². The first kappa shape index (κ1) is 32.4. The largest absolute Gasteiger partial charge is 0.299 e. The molecular formula is C38H50N4O. The fourth-order valence-corrected chi connectivity index (χ4v) is 5.25. The topological polar surface area (TPSA) is 68.6 Å². The van der Waals surface area contributed by atoms with E-state index in [9.17, 15) is 4.79 Å². The molecular weight excluding hydrogens is 528 g/mol. The quantitative estimate of drug-likeness (QED) is 0.209. The highest BCUT2D eigenvalue weighted by molar-refractivity contribution is 5.82. The van der Waals surface area contributed by atoms with Crippen LogP contribution in [0.4, 0.5) is 0 Å². The fourth-order valence-electron chi connectivity index (χ4n) is 5.25. The van der Waals surface area contributed by atoms with E-state index >= 15 is 0 Å². The summed E-state index contributed by atoms with van der Waals surface area (Å²) in [6.07, 6.45) is 8.92. The molecule has 0 N–H and O–H groups in total. The van der Waals surface area contributed by atoms with E-state index in [-0.39, 0.29) is 16.2 Å². The van der Waals surface area contributed by atoms with Gasteiger partial charge in [0.05, 0.1) is 5.69 Å². The van der Waals surface area contributed by atoms with Crippen molar-refractivity contribution < 1.29 is 4.79 Å². The number of fused-ring (bicyclic) bond motifs is 3. The van der Waals surface area contributed by atoms with Crippen LogP contribution in [0.25, 0.3) is 11.0 Å². The average molecular weight is 579 g/mol. The van der Waals surface area contributed by atoms with Gasteiger partial charge in [-0.15, -0.1) is 0 Å². The SMILES string of the molecule is CC(C)(C)c1ccc2c(n1)CC(=O)CC2.CC(C)(C)c1ccc2c(n1)CCCC2.CC(C)(C)c1ccc2cccnc2n1. The van der Waals surface area contributed by atoms with Crippen LogP contribution < -0.4 is 0 Å². The Kier molecular flexibility index (Phi) is 9.83. The Bertz CT molecular complexity index is 1570. The molecule has 0 saturated heterocycles. The summed E-state index contributed by atoms with van der Waals surface area (Å²) in [4.78, 5) is 29.5. The van der Waals surface area contributed by atoms with Crippen molar-refractivity contribution in [3.63, 3.8) is 0 Å². The Hall–Kier alpha value is -3.47. The Morgan fingerprint density at radius 1 is 0.558 bits per heavy atom. The zero-order valence-corrected chi connectivity index (χ0v) is 27.8. The third-order valence-corrected chi connectivity index (χ3v) is 8.05. The molecule has 0 amide bonds. The first-order valence-electron chi connectivity index (χ1n) is 15.8. The van der Waals surface area contributed by atoms with Gasteiger partial charge in [0.1, 0.15) is 5.78 Å². The summed E-state index contributed by atoms with van der Waals surface area (Å²) in [6.45, 7) is 19.6. The highest BCUT2D eigenvalue weighted by Crippen LogP contribution is 2.26. The third-order valence-electron chi connectivity index (χ3n) is 8.05. The van der Waals surface area contributed by atoms with Crippen LogP contribution in [0.15, 0.2) is 54.7 Å². The maximum Gasteiger partial charge on any atom is 0.159 e. The van der Waals surface area contributed by atoms with Crippen LogP contribution >= 0.6 is 0 Å². The summed E-state index contributed by atoms with van der Waals surface area (Å²) in [5.74, 6) is 0.320. The Balaban J connectivity index is 0.000000148. The van der Waals surface area contributed by atoms with Gasteiger partial charge < -0.3 is 0 Å². The molecule has 0 unspecified atom stereocenters. The predicted octanol–water partition coefficient (Wildman–Crippen LogP) is 8.62. The second-order valence-electron chi connectivity index (χ2n) is 15.0. The van der Waals surface area contributed by atoms with Gasteiger partial charge in [0.25, 0.3) is 0 Å². The molecule has 2 aliphatic rings. The van der Waals surface area contributed by atoms with Crippen molar-refractivity contribution in [2.75, 3.05) is 0 Å². The van der Waals surface area contributed by atoms with E-state index in [4.69, 9.17) is 4.98 Å². The number of hydrogen-bond donors (Lipinski definition) is 0. The molecule has 4 heterocycles. The van der Waals surface area contributed by atoms with E-state index < -0.39 is 0 Å². The van der Waals surface area contributed by atoms with Crippen molar-refractivity contribution in [1.29, 1.82) is 0 Å². The van der Waals surface area contributed by atoms with Gasteiger partial charge in [-0.25, -0.2) is 9.97 Å². The number of rotatable bonds is 0. The number of nitrogens with zero attached hydrogens (tertiary/aromatic N) is 4. The number of aryl methyl sites for hydroxylation is 3. The van der Waals surface area contributed by atoms with Gasteiger partial charge in [-0.3, -0.25) is 14.8 Å². The predicted molar refractivity (Wildman–Crippen MR) is 178 cm³/mol. The molecule has 0 atom stereocenters. The van der Waals surface area contributed by atoms with E-state index in [0.717, 1.165) is 34.5 Å². The van der Waals surface area contributed by atoms with Gasteiger partial charge in [0.2, 0.25) is 0 Å². The number of pyridine rings is 4. The van der Waals surface area contributed by atoms with Crippen LogP contribution in [0, 0.1) is 0 Å². The molecule has 0 fully saturated rings. The van der Waals surface area contributed by atoms with Crippen LogP contribution in [-0.2, 0) is 46.7 Å². The molecule has 228 valence electrons. The monoisotopic (exact) mass is 578 g/mol.